The van der Waals surface area contributed by atoms with Crippen LogP contribution in [0.15, 0.2) is 48.0 Å². The molecule has 0 bridgehead atoms. The van der Waals surface area contributed by atoms with Gasteiger partial charge in [-0.25, -0.2) is 0 Å². The average Bonchev–Trinajstić information content (AvgIpc) is 2.67. The van der Waals surface area contributed by atoms with Gasteiger partial charge in [0.25, 0.3) is 11.8 Å². The summed E-state index contributed by atoms with van der Waals surface area (Å²) in [5, 5.41) is 2.72. The van der Waals surface area contributed by atoms with E-state index in [2.05, 4.69) is 27.9 Å². The van der Waals surface area contributed by atoms with Gasteiger partial charge in [0.05, 0.1) is 15.9 Å². The third-order valence-corrected chi connectivity index (χ3v) is 5.41. The van der Waals surface area contributed by atoms with E-state index in [1.807, 2.05) is 56.3 Å². The summed E-state index contributed by atoms with van der Waals surface area (Å²) >= 11 is 7.45. The van der Waals surface area contributed by atoms with Gasteiger partial charge in [-0.15, -0.1) is 0 Å². The van der Waals surface area contributed by atoms with E-state index in [1.54, 1.807) is 6.08 Å². The first kappa shape index (κ1) is 20.5. The minimum Gasteiger partial charge on any atom is -0.493 e. The molecule has 1 fully saturated rings. The number of amides is 2. The Morgan fingerprint density at radius 1 is 1.18 bits per heavy atom. The van der Waals surface area contributed by atoms with Crippen LogP contribution in [0.4, 0.5) is 5.69 Å². The van der Waals surface area contributed by atoms with Crippen molar-refractivity contribution < 1.29 is 14.3 Å². The predicted molar refractivity (Wildman–Crippen MR) is 122 cm³/mol. The van der Waals surface area contributed by atoms with Crippen LogP contribution in [0.25, 0.3) is 6.08 Å². The van der Waals surface area contributed by atoms with Crippen LogP contribution < -0.4 is 15.0 Å². The van der Waals surface area contributed by atoms with Crippen molar-refractivity contribution in [3.63, 3.8) is 0 Å². The summed E-state index contributed by atoms with van der Waals surface area (Å²) in [6.45, 7) is 4.50. The molecule has 0 spiro atoms. The van der Waals surface area contributed by atoms with Crippen molar-refractivity contribution in [2.45, 2.75) is 20.3 Å². The van der Waals surface area contributed by atoms with Crippen LogP contribution in [-0.2, 0) is 16.0 Å². The normalized spacial score (nSPS) is 15.8. The Kier molecular flexibility index (Phi) is 6.46. The molecule has 0 aliphatic carbocycles. The average molecular weight is 506 g/mol. The number of nitrogens with one attached hydrogen (secondary N) is 1. The molecule has 7 heteroatoms. The number of hydrogen-bond donors (Lipinski definition) is 1. The molecule has 0 radical (unpaired) electrons. The molecule has 1 saturated heterocycles. The number of carbonyl (C=O) groups is 2. The predicted octanol–water partition coefficient (Wildman–Crippen LogP) is 4.08. The summed E-state index contributed by atoms with van der Waals surface area (Å²) in [5.74, 6) is -0.160. The van der Waals surface area contributed by atoms with Gasteiger partial charge >= 0.3 is 0 Å². The van der Waals surface area contributed by atoms with Crippen molar-refractivity contribution in [2.24, 2.45) is 0 Å². The number of anilines is 1. The first-order valence-corrected chi connectivity index (χ1v) is 10.4. The van der Waals surface area contributed by atoms with E-state index in [0.717, 1.165) is 26.9 Å². The first-order chi connectivity index (χ1) is 13.5. The summed E-state index contributed by atoms with van der Waals surface area (Å²) in [5.41, 5.74) is 2.44. The molecule has 144 valence electrons. The molecule has 2 aromatic carbocycles. The van der Waals surface area contributed by atoms with Gasteiger partial charge in [-0.2, -0.15) is 0 Å². The van der Waals surface area contributed by atoms with E-state index >= 15 is 0 Å². The number of benzene rings is 2. The summed E-state index contributed by atoms with van der Waals surface area (Å²) in [4.78, 5) is 27.0. The van der Waals surface area contributed by atoms with Crippen molar-refractivity contribution in [1.29, 1.82) is 0 Å². The standard InChI is InChI=1S/C21H19IN2O3S/c1-3-14-7-5-6-8-17(14)24-20(26)15(19(25)23-21(24)28)11-13-9-10-18(27-4-2)16(22)12-13/h5-12H,3-4H2,1-2H3,(H,23,25,28)/b15-11+. The Hall–Kier alpha value is -2.26. The lowest BCUT2D eigenvalue weighted by molar-refractivity contribution is -0.122. The van der Waals surface area contributed by atoms with Crippen LogP contribution in [0.2, 0.25) is 0 Å². The number of halogens is 1. The maximum Gasteiger partial charge on any atom is 0.270 e. The van der Waals surface area contributed by atoms with E-state index in [1.165, 1.54) is 4.90 Å². The summed E-state index contributed by atoms with van der Waals surface area (Å²) in [6, 6.07) is 13.1. The molecule has 1 heterocycles. The Bertz CT molecular complexity index is 987. The van der Waals surface area contributed by atoms with Crippen molar-refractivity contribution in [1.82, 2.24) is 5.32 Å². The quantitative estimate of drug-likeness (QED) is 0.288. The van der Waals surface area contributed by atoms with Crippen LogP contribution >= 0.6 is 34.8 Å². The van der Waals surface area contributed by atoms with Crippen LogP contribution in [0, 0.1) is 3.57 Å². The molecule has 2 amide bonds. The number of nitrogens with zero attached hydrogens (tertiary/aromatic N) is 1. The SMILES string of the molecule is CCOc1ccc(/C=C2\C(=O)NC(=S)N(c3ccccc3CC)C2=O)cc1I. The highest BCUT2D eigenvalue weighted by Gasteiger charge is 2.35. The highest BCUT2D eigenvalue weighted by molar-refractivity contribution is 14.1. The maximum atomic E-state index is 13.2. The van der Waals surface area contributed by atoms with Crippen LogP contribution in [-0.4, -0.2) is 23.5 Å². The molecular weight excluding hydrogens is 487 g/mol. The second-order valence-corrected chi connectivity index (χ2v) is 7.61. The summed E-state index contributed by atoms with van der Waals surface area (Å²) in [7, 11) is 0. The number of hydrogen-bond acceptors (Lipinski definition) is 4. The first-order valence-electron chi connectivity index (χ1n) is 8.88. The maximum absolute atomic E-state index is 13.2. The van der Waals surface area contributed by atoms with Crippen molar-refractivity contribution in [3.05, 3.63) is 62.7 Å². The molecule has 5 nitrogen and oxygen atoms in total. The molecule has 3 rings (SSSR count). The van der Waals surface area contributed by atoms with E-state index in [0.29, 0.717) is 12.3 Å². The molecular formula is C21H19IN2O3S. The second-order valence-electron chi connectivity index (χ2n) is 6.06. The zero-order valence-corrected chi connectivity index (χ0v) is 18.5. The van der Waals surface area contributed by atoms with Crippen LogP contribution in [0.5, 0.6) is 5.75 Å². The highest BCUT2D eigenvalue weighted by Crippen LogP contribution is 2.27. The second kappa shape index (κ2) is 8.83. The molecule has 1 aliphatic heterocycles. The van der Waals surface area contributed by atoms with Gasteiger partial charge in [0.15, 0.2) is 5.11 Å². The topological polar surface area (TPSA) is 58.6 Å². The van der Waals surface area contributed by atoms with E-state index in [9.17, 15) is 9.59 Å². The monoisotopic (exact) mass is 506 g/mol. The molecule has 28 heavy (non-hydrogen) atoms. The minimum atomic E-state index is -0.496. The smallest absolute Gasteiger partial charge is 0.270 e. The third kappa shape index (κ3) is 4.10. The number of carbonyl (C=O) groups excluding carboxylic acids is 2. The van der Waals surface area contributed by atoms with E-state index in [-0.39, 0.29) is 10.7 Å². The van der Waals surface area contributed by atoms with Gasteiger partial charge in [-0.3, -0.25) is 19.8 Å². The molecule has 0 aromatic heterocycles. The van der Waals surface area contributed by atoms with Crippen LogP contribution in [0.1, 0.15) is 25.0 Å². The minimum absolute atomic E-state index is 0.0412. The van der Waals surface area contributed by atoms with Crippen molar-refractivity contribution in [3.8, 4) is 5.75 Å². The highest BCUT2D eigenvalue weighted by atomic mass is 127. The van der Waals surface area contributed by atoms with Gasteiger partial charge < -0.3 is 4.74 Å². The Morgan fingerprint density at radius 3 is 2.61 bits per heavy atom. The number of thiocarbonyl (C=S) groups is 1. The van der Waals surface area contributed by atoms with Crippen molar-refractivity contribution >= 4 is 63.5 Å². The number of para-hydroxylation sites is 1. The Labute approximate surface area is 182 Å². The van der Waals surface area contributed by atoms with Crippen LogP contribution in [0.3, 0.4) is 0 Å². The molecule has 1 aliphatic rings. The number of rotatable bonds is 5. The fraction of sp³-hybridized carbons (Fsp3) is 0.190. The number of ether oxygens (including phenoxy) is 1. The van der Waals surface area contributed by atoms with Gasteiger partial charge in [0.1, 0.15) is 11.3 Å². The van der Waals surface area contributed by atoms with E-state index < -0.39 is 11.8 Å². The zero-order chi connectivity index (χ0) is 20.3. The molecule has 2 aromatic rings. The third-order valence-electron chi connectivity index (χ3n) is 4.28. The van der Waals surface area contributed by atoms with Gasteiger partial charge in [-0.05, 0) is 83.6 Å². The largest absolute Gasteiger partial charge is 0.493 e. The molecule has 0 unspecified atom stereocenters. The molecule has 1 N–H and O–H groups in total. The number of aryl methyl sites for hydroxylation is 1. The molecule has 0 saturated carbocycles. The van der Waals surface area contributed by atoms with Gasteiger partial charge in [-0.1, -0.05) is 31.2 Å². The fourth-order valence-electron chi connectivity index (χ4n) is 2.95. The van der Waals surface area contributed by atoms with E-state index in [4.69, 9.17) is 17.0 Å². The lowest BCUT2D eigenvalue weighted by Crippen LogP contribution is -2.54. The van der Waals surface area contributed by atoms with Crippen molar-refractivity contribution in [2.75, 3.05) is 11.5 Å². The lowest BCUT2D eigenvalue weighted by atomic mass is 10.0. The Morgan fingerprint density at radius 2 is 1.93 bits per heavy atom. The van der Waals surface area contributed by atoms with Gasteiger partial charge in [0, 0.05) is 0 Å². The zero-order valence-electron chi connectivity index (χ0n) is 15.5. The fourth-order valence-corrected chi connectivity index (χ4v) is 3.92. The molecule has 0 atom stereocenters. The summed E-state index contributed by atoms with van der Waals surface area (Å²) in [6.07, 6.45) is 2.32. The summed E-state index contributed by atoms with van der Waals surface area (Å²) < 4.78 is 6.44. The lowest BCUT2D eigenvalue weighted by Gasteiger charge is -2.30. The van der Waals surface area contributed by atoms with Gasteiger partial charge in [0.2, 0.25) is 0 Å². The Balaban J connectivity index is 2.00.